The number of nitrogens with zero attached hydrogens (tertiary/aromatic N) is 2. The lowest BCUT2D eigenvalue weighted by Gasteiger charge is -2.29. The van der Waals surface area contributed by atoms with Crippen molar-refractivity contribution < 1.29 is 39.6 Å². The summed E-state index contributed by atoms with van der Waals surface area (Å²) in [6.07, 6.45) is 11.3. The largest absolute Gasteiger partial charge is 0.480 e. The van der Waals surface area contributed by atoms with Crippen LogP contribution in [-0.2, 0) is 19.2 Å². The van der Waals surface area contributed by atoms with Gasteiger partial charge in [0.15, 0.2) is 0 Å². The molecule has 0 aliphatic carbocycles. The minimum absolute atomic E-state index is 0.0540. The molecule has 0 aromatic heterocycles. The van der Waals surface area contributed by atoms with Crippen molar-refractivity contribution in [3.05, 3.63) is 0 Å². The van der Waals surface area contributed by atoms with Gasteiger partial charge in [0.1, 0.15) is 6.04 Å². The lowest BCUT2D eigenvalue weighted by molar-refractivity contribution is -0.148. The van der Waals surface area contributed by atoms with Crippen molar-refractivity contribution in [1.29, 1.82) is 0 Å². The first-order chi connectivity index (χ1) is 15.2. The molecule has 10 heteroatoms. The number of hydrogen-bond acceptors (Lipinski definition) is 6. The van der Waals surface area contributed by atoms with Crippen molar-refractivity contribution in [1.82, 2.24) is 9.80 Å². The Labute approximate surface area is 190 Å². The van der Waals surface area contributed by atoms with E-state index in [1.165, 1.54) is 43.4 Å². The van der Waals surface area contributed by atoms with Gasteiger partial charge in [-0.3, -0.25) is 29.0 Å². The molecule has 0 heterocycles. The molecule has 0 aliphatic rings. The van der Waals surface area contributed by atoms with E-state index in [4.69, 9.17) is 10.2 Å². The van der Waals surface area contributed by atoms with Crippen molar-refractivity contribution >= 4 is 23.9 Å². The van der Waals surface area contributed by atoms with E-state index in [-0.39, 0.29) is 19.5 Å². The quantitative estimate of drug-likeness (QED) is 0.177. The van der Waals surface area contributed by atoms with Crippen LogP contribution in [0.5, 0.6) is 0 Å². The van der Waals surface area contributed by atoms with E-state index in [0.29, 0.717) is 6.42 Å². The Morgan fingerprint density at radius 2 is 1.06 bits per heavy atom. The first-order valence-electron chi connectivity index (χ1n) is 11.5. The number of carbonyl (C=O) groups is 4. The number of hydrogen-bond donors (Lipinski definition) is 4. The van der Waals surface area contributed by atoms with Gasteiger partial charge in [0, 0.05) is 13.1 Å². The van der Waals surface area contributed by atoms with E-state index < -0.39 is 49.6 Å². The summed E-state index contributed by atoms with van der Waals surface area (Å²) in [6, 6.07) is -1.02. The Morgan fingerprint density at radius 1 is 0.625 bits per heavy atom. The number of carboxylic acids is 4. The highest BCUT2D eigenvalue weighted by molar-refractivity contribution is 5.75. The van der Waals surface area contributed by atoms with Crippen LogP contribution in [0.3, 0.4) is 0 Å². The van der Waals surface area contributed by atoms with Crippen molar-refractivity contribution in [2.24, 2.45) is 0 Å². The zero-order valence-corrected chi connectivity index (χ0v) is 19.2. The van der Waals surface area contributed by atoms with Crippen LogP contribution in [0, 0.1) is 0 Å². The van der Waals surface area contributed by atoms with Crippen molar-refractivity contribution in [2.75, 3.05) is 32.7 Å². The van der Waals surface area contributed by atoms with E-state index in [9.17, 15) is 29.4 Å². The summed E-state index contributed by atoms with van der Waals surface area (Å²) in [7, 11) is 0. The van der Waals surface area contributed by atoms with Crippen LogP contribution in [0.4, 0.5) is 0 Å². The molecule has 0 saturated heterocycles. The van der Waals surface area contributed by atoms with Crippen LogP contribution >= 0.6 is 0 Å². The fourth-order valence-corrected chi connectivity index (χ4v) is 3.67. The second-order valence-electron chi connectivity index (χ2n) is 8.19. The monoisotopic (exact) mass is 460 g/mol. The molecule has 0 radical (unpaired) electrons. The van der Waals surface area contributed by atoms with Crippen LogP contribution in [-0.4, -0.2) is 92.9 Å². The molecule has 4 N–H and O–H groups in total. The summed E-state index contributed by atoms with van der Waals surface area (Å²) in [5, 5.41) is 36.7. The fourth-order valence-electron chi connectivity index (χ4n) is 3.67. The second-order valence-corrected chi connectivity index (χ2v) is 8.19. The van der Waals surface area contributed by atoms with Gasteiger partial charge in [-0.25, -0.2) is 0 Å². The van der Waals surface area contributed by atoms with E-state index >= 15 is 0 Å². The summed E-state index contributed by atoms with van der Waals surface area (Å²) in [5.74, 6) is -4.75. The van der Waals surface area contributed by atoms with E-state index in [0.717, 1.165) is 24.2 Å². The average Bonchev–Trinajstić information content (AvgIpc) is 2.68. The Kier molecular flexibility index (Phi) is 17.1. The summed E-state index contributed by atoms with van der Waals surface area (Å²) < 4.78 is 0. The molecule has 10 nitrogen and oxygen atoms in total. The minimum atomic E-state index is -1.21. The minimum Gasteiger partial charge on any atom is -0.480 e. The van der Waals surface area contributed by atoms with E-state index in [1.54, 1.807) is 0 Å². The normalized spacial score (nSPS) is 12.2. The molecule has 0 amide bonds. The van der Waals surface area contributed by atoms with Crippen LogP contribution < -0.4 is 0 Å². The molecular weight excluding hydrogens is 420 g/mol. The van der Waals surface area contributed by atoms with Gasteiger partial charge in [-0.1, -0.05) is 71.1 Å². The van der Waals surface area contributed by atoms with Crippen LogP contribution in [0.15, 0.2) is 0 Å². The molecule has 0 aromatic carbocycles. The summed E-state index contributed by atoms with van der Waals surface area (Å²) in [5.41, 5.74) is 0. The predicted octanol–water partition coefficient (Wildman–Crippen LogP) is 2.61. The first-order valence-corrected chi connectivity index (χ1v) is 11.5. The van der Waals surface area contributed by atoms with E-state index in [2.05, 4.69) is 6.92 Å². The predicted molar refractivity (Wildman–Crippen MR) is 119 cm³/mol. The number of aliphatic carboxylic acids is 4. The topological polar surface area (TPSA) is 156 Å². The highest BCUT2D eigenvalue weighted by Gasteiger charge is 2.27. The van der Waals surface area contributed by atoms with Crippen LogP contribution in [0.1, 0.15) is 77.6 Å². The van der Waals surface area contributed by atoms with Crippen molar-refractivity contribution in [3.63, 3.8) is 0 Å². The molecule has 1 unspecified atom stereocenters. The maximum Gasteiger partial charge on any atom is 0.320 e. The molecule has 186 valence electrons. The standard InChI is InChI=1S/C22H40N2O8/c1-2-3-4-5-6-7-8-9-10-11-12-18(22(31)32)24(17-21(29)30)14-13-23(15-19(25)26)16-20(27)28/h18H,2-17H2,1H3,(H,25,26)(H,27,28)(H,29,30)(H,31,32). The molecule has 1 atom stereocenters. The van der Waals surface area contributed by atoms with Gasteiger partial charge in [0.05, 0.1) is 19.6 Å². The summed E-state index contributed by atoms with van der Waals surface area (Å²) in [4.78, 5) is 47.3. The number of carboxylic acid groups (broad SMARTS) is 4. The van der Waals surface area contributed by atoms with Crippen molar-refractivity contribution in [2.45, 2.75) is 83.6 Å². The number of unbranched alkanes of at least 4 members (excludes halogenated alkanes) is 9. The highest BCUT2D eigenvalue weighted by atomic mass is 16.4. The van der Waals surface area contributed by atoms with Crippen molar-refractivity contribution in [3.8, 4) is 0 Å². The third-order valence-corrected chi connectivity index (χ3v) is 5.32. The molecule has 0 spiro atoms. The molecule has 0 bridgehead atoms. The zero-order valence-electron chi connectivity index (χ0n) is 19.2. The van der Waals surface area contributed by atoms with E-state index in [1.807, 2.05) is 0 Å². The lowest BCUT2D eigenvalue weighted by Crippen LogP contribution is -2.48. The Morgan fingerprint density at radius 3 is 1.47 bits per heavy atom. The van der Waals surface area contributed by atoms with Gasteiger partial charge in [-0.05, 0) is 6.42 Å². The Bertz CT molecular complexity index is 554. The number of rotatable bonds is 22. The maximum absolute atomic E-state index is 11.8. The highest BCUT2D eigenvalue weighted by Crippen LogP contribution is 2.15. The van der Waals surface area contributed by atoms with Gasteiger partial charge in [0.2, 0.25) is 0 Å². The molecule has 0 saturated carbocycles. The lowest BCUT2D eigenvalue weighted by atomic mass is 10.0. The zero-order chi connectivity index (χ0) is 24.4. The van der Waals surface area contributed by atoms with Gasteiger partial charge in [0.25, 0.3) is 0 Å². The molecule has 32 heavy (non-hydrogen) atoms. The Balaban J connectivity index is 4.61. The smallest absolute Gasteiger partial charge is 0.320 e. The third kappa shape index (κ3) is 16.5. The van der Waals surface area contributed by atoms with Gasteiger partial charge < -0.3 is 20.4 Å². The average molecular weight is 461 g/mol. The van der Waals surface area contributed by atoms with Gasteiger partial charge in [-0.2, -0.15) is 0 Å². The molecule has 0 rings (SSSR count). The van der Waals surface area contributed by atoms with Gasteiger partial charge in [-0.15, -0.1) is 0 Å². The summed E-state index contributed by atoms with van der Waals surface area (Å²) >= 11 is 0. The third-order valence-electron chi connectivity index (χ3n) is 5.32. The van der Waals surface area contributed by atoms with Gasteiger partial charge >= 0.3 is 23.9 Å². The Hall–Kier alpha value is -2.20. The maximum atomic E-state index is 11.8. The fraction of sp³-hybridized carbons (Fsp3) is 0.818. The molecule has 0 aromatic rings. The first kappa shape index (κ1) is 29.8. The summed E-state index contributed by atoms with van der Waals surface area (Å²) in [6.45, 7) is 0.509. The molecular formula is C22H40N2O8. The molecule has 0 fully saturated rings. The second kappa shape index (κ2) is 18.4. The molecule has 0 aliphatic heterocycles. The SMILES string of the molecule is CCCCCCCCCCCCC(C(=O)O)N(CCN(CC(=O)O)CC(=O)O)CC(=O)O. The van der Waals surface area contributed by atoms with Crippen LogP contribution in [0.25, 0.3) is 0 Å². The van der Waals surface area contributed by atoms with Crippen LogP contribution in [0.2, 0.25) is 0 Å².